The third-order valence-corrected chi connectivity index (χ3v) is 3.57. The molecule has 0 bridgehead atoms. The largest absolute Gasteiger partial charge is 0.319 e. The summed E-state index contributed by atoms with van der Waals surface area (Å²) in [5, 5.41) is 6.99. The molecule has 1 rings (SSSR count). The molecular formula is C14H30N2. The molecule has 0 unspecified atom stereocenters. The average molecular weight is 226 g/mol. The molecule has 2 N–H and O–H groups in total. The molecule has 0 aliphatic heterocycles. The van der Waals surface area contributed by atoms with Gasteiger partial charge in [-0.15, -0.1) is 0 Å². The van der Waals surface area contributed by atoms with Crippen molar-refractivity contribution in [1.82, 2.24) is 10.6 Å². The van der Waals surface area contributed by atoms with Crippen molar-refractivity contribution in [3.63, 3.8) is 0 Å². The van der Waals surface area contributed by atoms with Gasteiger partial charge in [0.25, 0.3) is 0 Å². The van der Waals surface area contributed by atoms with Crippen LogP contribution < -0.4 is 10.6 Å². The first-order valence-corrected chi connectivity index (χ1v) is 6.74. The topological polar surface area (TPSA) is 24.1 Å². The van der Waals surface area contributed by atoms with E-state index in [4.69, 9.17) is 0 Å². The highest BCUT2D eigenvalue weighted by Gasteiger charge is 2.41. The van der Waals surface area contributed by atoms with Gasteiger partial charge in [0.15, 0.2) is 0 Å². The SMILES string of the molecule is CNCC1(CNCC(C)(C)CC(C)C)CC1. The van der Waals surface area contributed by atoms with E-state index in [0.29, 0.717) is 10.8 Å². The van der Waals surface area contributed by atoms with Crippen LogP contribution in [0.1, 0.15) is 47.0 Å². The first-order chi connectivity index (χ1) is 7.39. The molecule has 1 fully saturated rings. The Labute approximate surface area is 102 Å². The van der Waals surface area contributed by atoms with Gasteiger partial charge in [0, 0.05) is 19.6 Å². The van der Waals surface area contributed by atoms with E-state index in [0.717, 1.165) is 12.5 Å². The second kappa shape index (κ2) is 5.50. The van der Waals surface area contributed by atoms with Crippen molar-refractivity contribution in [3.8, 4) is 0 Å². The van der Waals surface area contributed by atoms with Gasteiger partial charge < -0.3 is 10.6 Å². The maximum absolute atomic E-state index is 3.68. The number of hydrogen-bond acceptors (Lipinski definition) is 2. The van der Waals surface area contributed by atoms with Crippen LogP contribution in [-0.4, -0.2) is 26.7 Å². The molecular weight excluding hydrogens is 196 g/mol. The van der Waals surface area contributed by atoms with E-state index >= 15 is 0 Å². The second-order valence-electron chi connectivity index (χ2n) is 6.90. The van der Waals surface area contributed by atoms with Crippen molar-refractivity contribution in [2.24, 2.45) is 16.7 Å². The summed E-state index contributed by atoms with van der Waals surface area (Å²) in [6, 6.07) is 0. The van der Waals surface area contributed by atoms with Gasteiger partial charge in [-0.1, -0.05) is 27.7 Å². The fraction of sp³-hybridized carbons (Fsp3) is 1.00. The van der Waals surface area contributed by atoms with Gasteiger partial charge in [-0.2, -0.15) is 0 Å². The molecule has 0 spiro atoms. The smallest absolute Gasteiger partial charge is 0.00202 e. The maximum atomic E-state index is 3.68. The van der Waals surface area contributed by atoms with Crippen LogP contribution in [0.3, 0.4) is 0 Å². The number of rotatable bonds is 8. The number of hydrogen-bond donors (Lipinski definition) is 2. The molecule has 0 radical (unpaired) electrons. The Hall–Kier alpha value is -0.0800. The van der Waals surface area contributed by atoms with Crippen LogP contribution in [0.15, 0.2) is 0 Å². The molecule has 0 aromatic carbocycles. The van der Waals surface area contributed by atoms with Gasteiger partial charge in [-0.05, 0) is 43.1 Å². The zero-order valence-corrected chi connectivity index (χ0v) is 11.8. The lowest BCUT2D eigenvalue weighted by Crippen LogP contribution is -2.37. The summed E-state index contributed by atoms with van der Waals surface area (Å²) in [6.45, 7) is 12.9. The minimum atomic E-state index is 0.434. The molecule has 0 aromatic rings. The molecule has 1 saturated carbocycles. The Morgan fingerprint density at radius 3 is 2.25 bits per heavy atom. The van der Waals surface area contributed by atoms with Crippen LogP contribution in [0.2, 0.25) is 0 Å². The predicted octanol–water partition coefficient (Wildman–Crippen LogP) is 2.65. The average Bonchev–Trinajstić information content (AvgIpc) is 2.82. The minimum absolute atomic E-state index is 0.434. The predicted molar refractivity (Wildman–Crippen MR) is 71.7 cm³/mol. The van der Waals surface area contributed by atoms with Gasteiger partial charge in [-0.25, -0.2) is 0 Å². The van der Waals surface area contributed by atoms with Gasteiger partial charge in [0.1, 0.15) is 0 Å². The summed E-state index contributed by atoms with van der Waals surface area (Å²) in [6.07, 6.45) is 4.09. The van der Waals surface area contributed by atoms with Crippen LogP contribution >= 0.6 is 0 Å². The highest BCUT2D eigenvalue weighted by Crippen LogP contribution is 2.44. The van der Waals surface area contributed by atoms with E-state index in [-0.39, 0.29) is 0 Å². The Balaban J connectivity index is 2.19. The van der Waals surface area contributed by atoms with E-state index in [9.17, 15) is 0 Å². The lowest BCUT2D eigenvalue weighted by Gasteiger charge is -2.28. The quantitative estimate of drug-likeness (QED) is 0.665. The summed E-state index contributed by atoms with van der Waals surface area (Å²) in [5.74, 6) is 0.795. The number of nitrogens with one attached hydrogen (secondary N) is 2. The van der Waals surface area contributed by atoms with E-state index in [1.807, 2.05) is 0 Å². The van der Waals surface area contributed by atoms with E-state index in [1.165, 1.54) is 32.4 Å². The van der Waals surface area contributed by atoms with Gasteiger partial charge >= 0.3 is 0 Å². The highest BCUT2D eigenvalue weighted by molar-refractivity contribution is 4.96. The molecule has 0 aromatic heterocycles. The van der Waals surface area contributed by atoms with Crippen molar-refractivity contribution < 1.29 is 0 Å². The third-order valence-electron chi connectivity index (χ3n) is 3.57. The van der Waals surface area contributed by atoms with Gasteiger partial charge in [0.2, 0.25) is 0 Å². The Bertz CT molecular complexity index is 205. The molecule has 0 amide bonds. The monoisotopic (exact) mass is 226 g/mol. The second-order valence-corrected chi connectivity index (χ2v) is 6.90. The van der Waals surface area contributed by atoms with Crippen molar-refractivity contribution in [3.05, 3.63) is 0 Å². The molecule has 0 atom stereocenters. The van der Waals surface area contributed by atoms with Gasteiger partial charge in [0.05, 0.1) is 0 Å². The molecule has 1 aliphatic carbocycles. The maximum Gasteiger partial charge on any atom is 0.00202 e. The first-order valence-electron chi connectivity index (χ1n) is 6.74. The Kier molecular flexibility index (Phi) is 4.81. The summed E-state index contributed by atoms with van der Waals surface area (Å²) < 4.78 is 0. The summed E-state index contributed by atoms with van der Waals surface area (Å²) in [7, 11) is 2.06. The molecule has 96 valence electrons. The summed E-state index contributed by atoms with van der Waals surface area (Å²) in [4.78, 5) is 0. The normalized spacial score (nSPS) is 19.1. The van der Waals surface area contributed by atoms with Crippen molar-refractivity contribution in [2.45, 2.75) is 47.0 Å². The van der Waals surface area contributed by atoms with Crippen LogP contribution in [0.25, 0.3) is 0 Å². The van der Waals surface area contributed by atoms with Crippen LogP contribution in [-0.2, 0) is 0 Å². The molecule has 0 heterocycles. The minimum Gasteiger partial charge on any atom is -0.319 e. The van der Waals surface area contributed by atoms with Crippen molar-refractivity contribution >= 4 is 0 Å². The van der Waals surface area contributed by atoms with E-state index in [2.05, 4.69) is 45.4 Å². The van der Waals surface area contributed by atoms with E-state index < -0.39 is 0 Å². The van der Waals surface area contributed by atoms with E-state index in [1.54, 1.807) is 0 Å². The zero-order valence-electron chi connectivity index (χ0n) is 11.8. The van der Waals surface area contributed by atoms with Crippen molar-refractivity contribution in [1.29, 1.82) is 0 Å². The molecule has 2 heteroatoms. The lowest BCUT2D eigenvalue weighted by atomic mass is 9.84. The first kappa shape index (κ1) is 14.0. The summed E-state index contributed by atoms with van der Waals surface area (Å²) >= 11 is 0. The van der Waals surface area contributed by atoms with Gasteiger partial charge in [-0.3, -0.25) is 0 Å². The van der Waals surface area contributed by atoms with Crippen LogP contribution in [0.5, 0.6) is 0 Å². The van der Waals surface area contributed by atoms with Crippen molar-refractivity contribution in [2.75, 3.05) is 26.7 Å². The summed E-state index contributed by atoms with van der Waals surface area (Å²) in [5.41, 5.74) is 1.02. The lowest BCUT2D eigenvalue weighted by molar-refractivity contribution is 0.264. The third kappa shape index (κ3) is 4.84. The van der Waals surface area contributed by atoms with Crippen LogP contribution in [0.4, 0.5) is 0 Å². The standard InChI is InChI=1S/C14H30N2/c1-12(2)8-13(3,4)9-16-11-14(6-7-14)10-15-5/h12,15-16H,6-11H2,1-5H3. The molecule has 1 aliphatic rings. The Morgan fingerprint density at radius 2 is 1.81 bits per heavy atom. The fourth-order valence-corrected chi connectivity index (χ4v) is 2.81. The van der Waals surface area contributed by atoms with Crippen LogP contribution in [0, 0.1) is 16.7 Å². The fourth-order valence-electron chi connectivity index (χ4n) is 2.81. The molecule has 16 heavy (non-hydrogen) atoms. The zero-order chi connectivity index (χ0) is 12.2. The molecule has 0 saturated heterocycles. The Morgan fingerprint density at radius 1 is 1.19 bits per heavy atom. The highest BCUT2D eigenvalue weighted by atomic mass is 14.9. The molecule has 2 nitrogen and oxygen atoms in total.